The predicted molar refractivity (Wildman–Crippen MR) is 82.6 cm³/mol. The van der Waals surface area contributed by atoms with Gasteiger partial charge in [0.1, 0.15) is 0 Å². The highest BCUT2D eigenvalue weighted by atomic mass is 35.5. The zero-order chi connectivity index (χ0) is 14.1. The second-order valence-electron chi connectivity index (χ2n) is 4.74. The van der Waals surface area contributed by atoms with Gasteiger partial charge in [-0.05, 0) is 43.2 Å². The Bertz CT molecular complexity index is 762. The first-order valence-electron chi connectivity index (χ1n) is 6.85. The third-order valence-electron chi connectivity index (χ3n) is 3.47. The van der Waals surface area contributed by atoms with Crippen molar-refractivity contribution < 1.29 is 0 Å². The molecule has 0 N–H and O–H groups in total. The fourth-order valence-corrected chi connectivity index (χ4v) is 2.57. The number of aryl methyl sites for hydroxylation is 2. The molecule has 0 radical (unpaired) electrons. The molecular weight excluding hydrogens is 270 g/mol. The van der Waals surface area contributed by atoms with Crippen LogP contribution in [0.15, 0.2) is 36.5 Å². The van der Waals surface area contributed by atoms with Crippen molar-refractivity contribution in [3.8, 4) is 5.69 Å². The molecule has 0 aliphatic heterocycles. The third-order valence-corrected chi connectivity index (χ3v) is 3.70. The molecule has 0 spiro atoms. The zero-order valence-corrected chi connectivity index (χ0v) is 12.4. The number of benzene rings is 1. The molecule has 0 aliphatic rings. The van der Waals surface area contributed by atoms with Gasteiger partial charge in [-0.15, -0.1) is 0 Å². The van der Waals surface area contributed by atoms with E-state index in [4.69, 9.17) is 16.7 Å². The molecule has 3 rings (SSSR count). The van der Waals surface area contributed by atoms with Gasteiger partial charge < -0.3 is 0 Å². The molecule has 0 amide bonds. The van der Waals surface area contributed by atoms with Crippen LogP contribution in [0.25, 0.3) is 16.6 Å². The Kier molecular flexibility index (Phi) is 3.45. The molecule has 0 bridgehead atoms. The summed E-state index contributed by atoms with van der Waals surface area (Å²) in [5, 5.41) is 6.47. The number of fused-ring (bicyclic) bond motifs is 1. The summed E-state index contributed by atoms with van der Waals surface area (Å²) in [6.07, 6.45) is 3.69. The molecule has 0 saturated carbocycles. The Morgan fingerprint density at radius 3 is 2.70 bits per heavy atom. The van der Waals surface area contributed by atoms with Crippen LogP contribution in [0.4, 0.5) is 0 Å². The Balaban J connectivity index is 2.26. The second-order valence-corrected chi connectivity index (χ2v) is 5.17. The van der Waals surface area contributed by atoms with E-state index in [1.54, 1.807) is 6.20 Å². The maximum absolute atomic E-state index is 6.04. The van der Waals surface area contributed by atoms with Crippen molar-refractivity contribution in [3.05, 3.63) is 52.9 Å². The first-order chi connectivity index (χ1) is 9.72. The van der Waals surface area contributed by atoms with Crippen molar-refractivity contribution in [2.45, 2.75) is 26.7 Å². The van der Waals surface area contributed by atoms with Crippen LogP contribution >= 0.6 is 11.6 Å². The summed E-state index contributed by atoms with van der Waals surface area (Å²) in [5.41, 5.74) is 4.28. The van der Waals surface area contributed by atoms with E-state index in [2.05, 4.69) is 24.9 Å². The lowest BCUT2D eigenvalue weighted by Crippen LogP contribution is -2.03. The molecule has 0 unspecified atom stereocenters. The smallest absolute Gasteiger partial charge is 0.0758 e. The van der Waals surface area contributed by atoms with Gasteiger partial charge in [0, 0.05) is 22.3 Å². The quantitative estimate of drug-likeness (QED) is 0.722. The SMILES string of the molecule is CCc1cc(CC)n(-c2ccnc3cc(Cl)ccc23)n1. The van der Waals surface area contributed by atoms with Crippen molar-refractivity contribution in [2.24, 2.45) is 0 Å². The standard InChI is InChI=1S/C16H16ClN3/c1-3-12-10-13(4-2)20(19-12)16-7-8-18-15-9-11(17)5-6-14(15)16/h5-10H,3-4H2,1-2H3. The minimum Gasteiger partial charge on any atom is -0.256 e. The van der Waals surface area contributed by atoms with Crippen molar-refractivity contribution in [1.82, 2.24) is 14.8 Å². The normalized spacial score (nSPS) is 11.2. The van der Waals surface area contributed by atoms with E-state index in [0.29, 0.717) is 5.02 Å². The topological polar surface area (TPSA) is 30.7 Å². The second kappa shape index (κ2) is 5.25. The summed E-state index contributed by atoms with van der Waals surface area (Å²) in [4.78, 5) is 4.39. The molecule has 0 saturated heterocycles. The van der Waals surface area contributed by atoms with Crippen LogP contribution in [0, 0.1) is 0 Å². The van der Waals surface area contributed by atoms with E-state index in [-0.39, 0.29) is 0 Å². The Labute approximate surface area is 123 Å². The van der Waals surface area contributed by atoms with Crippen LogP contribution in [-0.2, 0) is 12.8 Å². The Morgan fingerprint density at radius 2 is 1.95 bits per heavy atom. The van der Waals surface area contributed by atoms with Gasteiger partial charge in [0.2, 0.25) is 0 Å². The van der Waals surface area contributed by atoms with E-state index in [9.17, 15) is 0 Å². The molecule has 3 aromatic rings. The molecule has 0 aliphatic carbocycles. The Morgan fingerprint density at radius 1 is 1.10 bits per heavy atom. The monoisotopic (exact) mass is 285 g/mol. The highest BCUT2D eigenvalue weighted by Crippen LogP contribution is 2.24. The van der Waals surface area contributed by atoms with Crippen LogP contribution in [-0.4, -0.2) is 14.8 Å². The van der Waals surface area contributed by atoms with Crippen LogP contribution in [0.3, 0.4) is 0 Å². The van der Waals surface area contributed by atoms with E-state index < -0.39 is 0 Å². The molecule has 1 aromatic carbocycles. The summed E-state index contributed by atoms with van der Waals surface area (Å²) in [5.74, 6) is 0. The highest BCUT2D eigenvalue weighted by Gasteiger charge is 2.10. The van der Waals surface area contributed by atoms with Gasteiger partial charge in [0.15, 0.2) is 0 Å². The first-order valence-corrected chi connectivity index (χ1v) is 7.23. The Hall–Kier alpha value is -1.87. The van der Waals surface area contributed by atoms with E-state index >= 15 is 0 Å². The molecular formula is C16H16ClN3. The number of halogens is 1. The first kappa shape index (κ1) is 13.1. The van der Waals surface area contributed by atoms with Gasteiger partial charge in [-0.2, -0.15) is 5.10 Å². The molecule has 0 atom stereocenters. The number of nitrogens with zero attached hydrogens (tertiary/aromatic N) is 3. The van der Waals surface area contributed by atoms with E-state index in [0.717, 1.165) is 35.1 Å². The van der Waals surface area contributed by atoms with Crippen LogP contribution in [0.5, 0.6) is 0 Å². The summed E-state index contributed by atoms with van der Waals surface area (Å²) in [6, 6.07) is 9.96. The van der Waals surface area contributed by atoms with Gasteiger partial charge in [0.05, 0.1) is 16.9 Å². The summed E-state index contributed by atoms with van der Waals surface area (Å²) in [7, 11) is 0. The third kappa shape index (κ3) is 2.18. The molecule has 3 nitrogen and oxygen atoms in total. The largest absolute Gasteiger partial charge is 0.256 e. The molecule has 2 heterocycles. The minimum atomic E-state index is 0.701. The van der Waals surface area contributed by atoms with Crippen molar-refractivity contribution in [1.29, 1.82) is 0 Å². The van der Waals surface area contributed by atoms with Crippen LogP contribution in [0.1, 0.15) is 25.2 Å². The van der Waals surface area contributed by atoms with E-state index in [1.165, 1.54) is 5.69 Å². The lowest BCUT2D eigenvalue weighted by Gasteiger charge is -2.09. The van der Waals surface area contributed by atoms with Gasteiger partial charge in [-0.1, -0.05) is 25.4 Å². The fourth-order valence-electron chi connectivity index (χ4n) is 2.40. The maximum Gasteiger partial charge on any atom is 0.0758 e. The lowest BCUT2D eigenvalue weighted by atomic mass is 10.2. The van der Waals surface area contributed by atoms with Crippen molar-refractivity contribution >= 4 is 22.5 Å². The number of hydrogen-bond donors (Lipinski definition) is 0. The average molecular weight is 286 g/mol. The number of rotatable bonds is 3. The number of aromatic nitrogens is 3. The molecule has 2 aromatic heterocycles. The summed E-state index contributed by atoms with van der Waals surface area (Å²) >= 11 is 6.04. The van der Waals surface area contributed by atoms with E-state index in [1.807, 2.05) is 28.9 Å². The maximum atomic E-state index is 6.04. The lowest BCUT2D eigenvalue weighted by molar-refractivity contribution is 0.798. The van der Waals surface area contributed by atoms with Gasteiger partial charge >= 0.3 is 0 Å². The molecule has 102 valence electrons. The predicted octanol–water partition coefficient (Wildman–Crippen LogP) is 4.20. The average Bonchev–Trinajstić information content (AvgIpc) is 2.89. The van der Waals surface area contributed by atoms with Crippen LogP contribution < -0.4 is 0 Å². The number of hydrogen-bond acceptors (Lipinski definition) is 2. The van der Waals surface area contributed by atoms with Crippen LogP contribution in [0.2, 0.25) is 5.02 Å². The minimum absolute atomic E-state index is 0.701. The zero-order valence-electron chi connectivity index (χ0n) is 11.6. The highest BCUT2D eigenvalue weighted by molar-refractivity contribution is 6.31. The van der Waals surface area contributed by atoms with Gasteiger partial charge in [-0.3, -0.25) is 4.98 Å². The molecule has 20 heavy (non-hydrogen) atoms. The molecule has 4 heteroatoms. The number of pyridine rings is 1. The molecule has 0 fully saturated rings. The summed E-state index contributed by atoms with van der Waals surface area (Å²) < 4.78 is 2.02. The van der Waals surface area contributed by atoms with Crippen molar-refractivity contribution in [3.63, 3.8) is 0 Å². The van der Waals surface area contributed by atoms with Gasteiger partial charge in [-0.25, -0.2) is 4.68 Å². The van der Waals surface area contributed by atoms with Crippen molar-refractivity contribution in [2.75, 3.05) is 0 Å². The fraction of sp³-hybridized carbons (Fsp3) is 0.250. The van der Waals surface area contributed by atoms with Gasteiger partial charge in [0.25, 0.3) is 0 Å². The summed E-state index contributed by atoms with van der Waals surface area (Å²) in [6.45, 7) is 4.27.